The molecular weight excluding hydrogens is 248 g/mol. The zero-order valence-corrected chi connectivity index (χ0v) is 13.3. The first-order valence-corrected chi connectivity index (χ1v) is 8.57. The van der Waals surface area contributed by atoms with Crippen LogP contribution in [0.3, 0.4) is 0 Å². The molecule has 0 saturated heterocycles. The Labute approximate surface area is 123 Å². The molecule has 0 aromatic heterocycles. The lowest BCUT2D eigenvalue weighted by molar-refractivity contribution is -0.152. The number of fused-ring (bicyclic) bond motifs is 3. The Morgan fingerprint density at radius 2 is 1.85 bits per heavy atom. The number of carbonyl (C=O) groups is 1. The van der Waals surface area contributed by atoms with Crippen molar-refractivity contribution in [1.29, 1.82) is 0 Å². The van der Waals surface area contributed by atoms with Crippen molar-refractivity contribution in [3.05, 3.63) is 0 Å². The highest BCUT2D eigenvalue weighted by molar-refractivity contribution is 5.79. The average molecular weight is 278 g/mol. The van der Waals surface area contributed by atoms with E-state index in [0.29, 0.717) is 23.5 Å². The second kappa shape index (κ2) is 4.83. The molecule has 0 aromatic carbocycles. The Kier molecular flexibility index (Phi) is 3.52. The third-order valence-corrected chi connectivity index (χ3v) is 7.34. The van der Waals surface area contributed by atoms with Gasteiger partial charge in [0.05, 0.1) is 6.10 Å². The summed E-state index contributed by atoms with van der Waals surface area (Å²) in [4.78, 5) is 12.0. The number of aliphatic hydroxyl groups excluding tert-OH is 1. The van der Waals surface area contributed by atoms with Gasteiger partial charge in [-0.2, -0.15) is 0 Å². The number of carbonyl (C=O) groups excluding carboxylic acids is 1. The third-order valence-electron chi connectivity index (χ3n) is 7.34. The van der Waals surface area contributed by atoms with Crippen LogP contribution in [0.5, 0.6) is 0 Å². The summed E-state index contributed by atoms with van der Waals surface area (Å²) in [5.74, 6) is 2.27. The summed E-state index contributed by atoms with van der Waals surface area (Å²) in [5, 5.41) is 10.6. The molecule has 0 heterocycles. The molecule has 3 rings (SSSR count). The highest BCUT2D eigenvalue weighted by Gasteiger charge is 2.58. The van der Waals surface area contributed by atoms with Crippen LogP contribution < -0.4 is 0 Å². The molecule has 0 amide bonds. The minimum atomic E-state index is -0.131. The van der Waals surface area contributed by atoms with Gasteiger partial charge >= 0.3 is 0 Å². The van der Waals surface area contributed by atoms with Crippen LogP contribution in [0.1, 0.15) is 72.1 Å². The topological polar surface area (TPSA) is 37.3 Å². The average Bonchev–Trinajstić information content (AvgIpc) is 2.49. The molecule has 3 saturated carbocycles. The summed E-state index contributed by atoms with van der Waals surface area (Å²) >= 11 is 0. The normalized spacial score (nSPS) is 52.9. The van der Waals surface area contributed by atoms with Crippen LogP contribution in [0.15, 0.2) is 0 Å². The monoisotopic (exact) mass is 278 g/mol. The van der Waals surface area contributed by atoms with Crippen molar-refractivity contribution >= 4 is 5.78 Å². The van der Waals surface area contributed by atoms with Crippen LogP contribution in [0.4, 0.5) is 0 Å². The van der Waals surface area contributed by atoms with Crippen molar-refractivity contribution in [3.63, 3.8) is 0 Å². The van der Waals surface area contributed by atoms with Gasteiger partial charge in [-0.3, -0.25) is 4.79 Å². The highest BCUT2D eigenvalue weighted by atomic mass is 16.3. The number of aliphatic hydroxyl groups is 1. The largest absolute Gasteiger partial charge is 0.393 e. The molecule has 3 fully saturated rings. The molecule has 3 aliphatic carbocycles. The van der Waals surface area contributed by atoms with Gasteiger partial charge in [-0.1, -0.05) is 27.2 Å². The van der Waals surface area contributed by atoms with Crippen molar-refractivity contribution in [2.45, 2.75) is 78.2 Å². The van der Waals surface area contributed by atoms with Gasteiger partial charge in [-0.15, -0.1) is 0 Å². The fourth-order valence-electron chi connectivity index (χ4n) is 6.19. The summed E-state index contributed by atoms with van der Waals surface area (Å²) in [6.07, 6.45) is 8.20. The first-order valence-electron chi connectivity index (χ1n) is 8.57. The molecule has 2 nitrogen and oxygen atoms in total. The van der Waals surface area contributed by atoms with Crippen molar-refractivity contribution in [3.8, 4) is 0 Å². The minimum absolute atomic E-state index is 0.0939. The van der Waals surface area contributed by atoms with Gasteiger partial charge in [-0.25, -0.2) is 0 Å². The van der Waals surface area contributed by atoms with Crippen molar-refractivity contribution in [1.82, 2.24) is 0 Å². The van der Waals surface area contributed by atoms with Gasteiger partial charge in [0, 0.05) is 12.8 Å². The summed E-state index contributed by atoms with van der Waals surface area (Å²) in [6, 6.07) is 0. The second-order valence-corrected chi connectivity index (χ2v) is 8.38. The highest BCUT2D eigenvalue weighted by Crippen LogP contribution is 2.63. The molecule has 114 valence electrons. The Morgan fingerprint density at radius 3 is 2.60 bits per heavy atom. The standard InChI is InChI=1S/C18H30O2/c1-12-11-13(19)7-9-17(2)14(12)8-10-18(3)15(17)5-4-6-16(18)20/h12,14-16,20H,4-11H2,1-3H3/t12-,14?,15?,16-,17+,18-/m1/s1. The lowest BCUT2D eigenvalue weighted by Crippen LogP contribution is -2.56. The minimum Gasteiger partial charge on any atom is -0.393 e. The molecule has 6 atom stereocenters. The van der Waals surface area contributed by atoms with E-state index < -0.39 is 0 Å². The van der Waals surface area contributed by atoms with Crippen LogP contribution in [-0.4, -0.2) is 17.0 Å². The zero-order chi connectivity index (χ0) is 14.5. The van der Waals surface area contributed by atoms with E-state index in [1.54, 1.807) is 0 Å². The first-order chi connectivity index (χ1) is 9.38. The Morgan fingerprint density at radius 1 is 1.10 bits per heavy atom. The quantitative estimate of drug-likeness (QED) is 0.728. The zero-order valence-electron chi connectivity index (χ0n) is 13.3. The van der Waals surface area contributed by atoms with Crippen LogP contribution in [0, 0.1) is 28.6 Å². The first kappa shape index (κ1) is 14.6. The summed E-state index contributed by atoms with van der Waals surface area (Å²) in [6.45, 7) is 7.04. The summed E-state index contributed by atoms with van der Waals surface area (Å²) in [7, 11) is 0. The maximum Gasteiger partial charge on any atom is 0.133 e. The van der Waals surface area contributed by atoms with E-state index in [9.17, 15) is 9.90 Å². The molecule has 0 aromatic rings. The van der Waals surface area contributed by atoms with Gasteiger partial charge < -0.3 is 5.11 Å². The van der Waals surface area contributed by atoms with Crippen LogP contribution in [0.2, 0.25) is 0 Å². The maximum absolute atomic E-state index is 12.0. The Bertz CT molecular complexity index is 404. The van der Waals surface area contributed by atoms with Gasteiger partial charge in [0.25, 0.3) is 0 Å². The van der Waals surface area contributed by atoms with Crippen LogP contribution in [-0.2, 0) is 4.79 Å². The van der Waals surface area contributed by atoms with Gasteiger partial charge in [0.1, 0.15) is 5.78 Å². The number of ketones is 1. The molecule has 2 unspecified atom stereocenters. The third kappa shape index (κ3) is 1.98. The smallest absolute Gasteiger partial charge is 0.133 e. The second-order valence-electron chi connectivity index (χ2n) is 8.38. The number of hydrogen-bond donors (Lipinski definition) is 1. The van der Waals surface area contributed by atoms with E-state index >= 15 is 0 Å². The number of Topliss-reactive ketones (excluding diaryl/α,β-unsaturated/α-hetero) is 1. The van der Waals surface area contributed by atoms with Crippen molar-refractivity contribution in [2.24, 2.45) is 28.6 Å². The molecule has 3 aliphatic rings. The van der Waals surface area contributed by atoms with Crippen LogP contribution >= 0.6 is 0 Å². The molecule has 0 spiro atoms. The predicted octanol–water partition coefficient (Wildman–Crippen LogP) is 3.96. The van der Waals surface area contributed by atoms with E-state index in [1.807, 2.05) is 0 Å². The lowest BCUT2D eigenvalue weighted by atomic mass is 9.45. The molecule has 0 radical (unpaired) electrons. The molecule has 1 N–H and O–H groups in total. The SMILES string of the molecule is C[C@@H]1CC(=O)CC[C@@]2(C)C1CC[C@]1(C)C2CCC[C@H]1O. The number of hydrogen-bond acceptors (Lipinski definition) is 2. The Balaban J connectivity index is 1.98. The van der Waals surface area contributed by atoms with E-state index in [2.05, 4.69) is 20.8 Å². The molecule has 0 aliphatic heterocycles. The molecule has 20 heavy (non-hydrogen) atoms. The molecule has 0 bridgehead atoms. The van der Waals surface area contributed by atoms with E-state index in [0.717, 1.165) is 38.5 Å². The fraction of sp³-hybridized carbons (Fsp3) is 0.944. The van der Waals surface area contributed by atoms with E-state index in [-0.39, 0.29) is 16.9 Å². The van der Waals surface area contributed by atoms with Gasteiger partial charge in [0.15, 0.2) is 0 Å². The van der Waals surface area contributed by atoms with Crippen LogP contribution in [0.25, 0.3) is 0 Å². The van der Waals surface area contributed by atoms with Crippen molar-refractivity contribution < 1.29 is 9.90 Å². The summed E-state index contributed by atoms with van der Waals surface area (Å²) < 4.78 is 0. The number of rotatable bonds is 0. The van der Waals surface area contributed by atoms with Gasteiger partial charge in [-0.05, 0) is 60.7 Å². The summed E-state index contributed by atoms with van der Waals surface area (Å²) in [5.41, 5.74) is 0.358. The van der Waals surface area contributed by atoms with E-state index in [4.69, 9.17) is 0 Å². The van der Waals surface area contributed by atoms with Crippen molar-refractivity contribution in [2.75, 3.05) is 0 Å². The Hall–Kier alpha value is -0.370. The lowest BCUT2D eigenvalue weighted by Gasteiger charge is -2.60. The fourth-order valence-corrected chi connectivity index (χ4v) is 6.19. The van der Waals surface area contributed by atoms with E-state index in [1.165, 1.54) is 12.8 Å². The maximum atomic E-state index is 12.0. The van der Waals surface area contributed by atoms with Gasteiger partial charge in [0.2, 0.25) is 0 Å². The molecule has 2 heteroatoms. The molecular formula is C18H30O2. The predicted molar refractivity (Wildman–Crippen MR) is 80.3 cm³/mol.